The Morgan fingerprint density at radius 3 is 2.48 bits per heavy atom. The Morgan fingerprint density at radius 2 is 1.86 bits per heavy atom. The molecule has 1 aromatic carbocycles. The Bertz CT molecular complexity index is 607. The lowest BCUT2D eigenvalue weighted by atomic mass is 10.1. The fourth-order valence-corrected chi connectivity index (χ4v) is 2.18. The monoisotopic (exact) mass is 288 g/mol. The van der Waals surface area contributed by atoms with Gasteiger partial charge in [0.25, 0.3) is 0 Å². The van der Waals surface area contributed by atoms with Gasteiger partial charge >= 0.3 is 0 Å². The highest BCUT2D eigenvalue weighted by Gasteiger charge is 2.13. The van der Waals surface area contributed by atoms with Crippen LogP contribution < -0.4 is 10.2 Å². The minimum Gasteiger partial charge on any atom is -0.354 e. The van der Waals surface area contributed by atoms with Gasteiger partial charge in [0, 0.05) is 19.3 Å². The van der Waals surface area contributed by atoms with Crippen molar-refractivity contribution in [2.24, 2.45) is 0 Å². The molecule has 0 bridgehead atoms. The highest BCUT2D eigenvalue weighted by atomic mass is 19.1. The summed E-state index contributed by atoms with van der Waals surface area (Å²) in [6.45, 7) is 6.86. The molecule has 21 heavy (non-hydrogen) atoms. The summed E-state index contributed by atoms with van der Waals surface area (Å²) in [5.41, 5.74) is 3.18. The fourth-order valence-electron chi connectivity index (χ4n) is 2.18. The summed E-state index contributed by atoms with van der Waals surface area (Å²) in [5, 5.41) is 3.08. The first-order valence-electron chi connectivity index (χ1n) is 7.09. The number of nitrogens with zero attached hydrogens (tertiary/aromatic N) is 3. The lowest BCUT2D eigenvalue weighted by Gasteiger charge is -2.20. The predicted molar refractivity (Wildman–Crippen MR) is 84.7 cm³/mol. The zero-order valence-corrected chi connectivity index (χ0v) is 12.9. The second-order valence-electron chi connectivity index (χ2n) is 5.20. The molecule has 0 saturated carbocycles. The third-order valence-electron chi connectivity index (χ3n) is 3.17. The van der Waals surface area contributed by atoms with Gasteiger partial charge in [-0.15, -0.1) is 0 Å². The van der Waals surface area contributed by atoms with Crippen LogP contribution >= 0.6 is 0 Å². The molecule has 112 valence electrons. The Kier molecular flexibility index (Phi) is 4.73. The fraction of sp³-hybridized carbons (Fsp3) is 0.375. The topological polar surface area (TPSA) is 41.1 Å². The Labute approximate surface area is 125 Å². The van der Waals surface area contributed by atoms with Crippen molar-refractivity contribution in [2.75, 3.05) is 23.8 Å². The van der Waals surface area contributed by atoms with E-state index in [-0.39, 0.29) is 5.82 Å². The van der Waals surface area contributed by atoms with Crippen molar-refractivity contribution >= 4 is 17.5 Å². The average molecular weight is 288 g/mol. The van der Waals surface area contributed by atoms with Gasteiger partial charge in [-0.2, -0.15) is 4.98 Å². The van der Waals surface area contributed by atoms with E-state index in [0.717, 1.165) is 29.8 Å². The molecule has 0 aliphatic carbocycles. The lowest BCUT2D eigenvalue weighted by Crippen LogP contribution is -2.15. The summed E-state index contributed by atoms with van der Waals surface area (Å²) in [4.78, 5) is 9.98. The number of rotatable bonds is 5. The summed E-state index contributed by atoms with van der Waals surface area (Å²) in [6.07, 6.45) is 2.17. The number of aryl methyl sites for hydroxylation is 2. The van der Waals surface area contributed by atoms with Crippen LogP contribution in [0.15, 0.2) is 24.4 Å². The average Bonchev–Trinajstić information content (AvgIpc) is 2.44. The Balaban J connectivity index is 2.35. The van der Waals surface area contributed by atoms with Gasteiger partial charge in [-0.05, 0) is 43.5 Å². The minimum absolute atomic E-state index is 0.272. The predicted octanol–water partition coefficient (Wildman–Crippen LogP) is 3.82. The standard InChI is InChI=1S/C16H21FN4/c1-5-6-18-16-19-10-14(17)15(20-16)21(4)13-8-11(2)7-12(3)9-13/h7-10H,5-6H2,1-4H3,(H,18,19,20). The Morgan fingerprint density at radius 1 is 1.19 bits per heavy atom. The third-order valence-corrected chi connectivity index (χ3v) is 3.17. The maximum Gasteiger partial charge on any atom is 0.224 e. The quantitative estimate of drug-likeness (QED) is 0.908. The zero-order chi connectivity index (χ0) is 15.4. The van der Waals surface area contributed by atoms with Crippen molar-refractivity contribution in [2.45, 2.75) is 27.2 Å². The molecule has 0 aliphatic rings. The number of hydrogen-bond acceptors (Lipinski definition) is 4. The second-order valence-corrected chi connectivity index (χ2v) is 5.20. The first-order chi connectivity index (χ1) is 10.0. The summed E-state index contributed by atoms with van der Waals surface area (Å²) in [7, 11) is 1.81. The number of aromatic nitrogens is 2. The van der Waals surface area contributed by atoms with Crippen LogP contribution in [-0.4, -0.2) is 23.6 Å². The van der Waals surface area contributed by atoms with E-state index >= 15 is 0 Å². The van der Waals surface area contributed by atoms with E-state index in [1.165, 1.54) is 6.20 Å². The molecule has 0 saturated heterocycles. The SMILES string of the molecule is CCCNc1ncc(F)c(N(C)c2cc(C)cc(C)c2)n1. The Hall–Kier alpha value is -2.17. The summed E-state index contributed by atoms with van der Waals surface area (Å²) in [5.74, 6) is 0.289. The third kappa shape index (κ3) is 3.68. The van der Waals surface area contributed by atoms with Crippen LogP contribution in [0, 0.1) is 19.7 Å². The van der Waals surface area contributed by atoms with Crippen LogP contribution in [-0.2, 0) is 0 Å². The molecule has 0 atom stereocenters. The van der Waals surface area contributed by atoms with Crippen molar-refractivity contribution in [3.63, 3.8) is 0 Å². The molecule has 2 aromatic rings. The van der Waals surface area contributed by atoms with Crippen molar-refractivity contribution in [1.29, 1.82) is 0 Å². The number of anilines is 3. The van der Waals surface area contributed by atoms with Crippen molar-refractivity contribution < 1.29 is 4.39 Å². The largest absolute Gasteiger partial charge is 0.354 e. The molecule has 0 amide bonds. The van der Waals surface area contributed by atoms with Crippen molar-refractivity contribution in [3.05, 3.63) is 41.3 Å². The van der Waals surface area contributed by atoms with Gasteiger partial charge in [0.05, 0.1) is 6.20 Å². The molecule has 0 radical (unpaired) electrons. The first kappa shape index (κ1) is 15.2. The van der Waals surface area contributed by atoms with E-state index in [1.54, 1.807) is 4.90 Å². The molecule has 2 rings (SSSR count). The molecule has 4 nitrogen and oxygen atoms in total. The highest BCUT2D eigenvalue weighted by molar-refractivity contribution is 5.62. The van der Waals surface area contributed by atoms with Crippen LogP contribution in [0.25, 0.3) is 0 Å². The second kappa shape index (κ2) is 6.52. The first-order valence-corrected chi connectivity index (χ1v) is 7.09. The molecular formula is C16H21FN4. The van der Waals surface area contributed by atoms with Crippen molar-refractivity contribution in [1.82, 2.24) is 9.97 Å². The van der Waals surface area contributed by atoms with Crippen LogP contribution in [0.1, 0.15) is 24.5 Å². The molecule has 0 unspecified atom stereocenters. The van der Waals surface area contributed by atoms with Gasteiger partial charge in [-0.3, -0.25) is 0 Å². The highest BCUT2D eigenvalue weighted by Crippen LogP contribution is 2.26. The molecule has 5 heteroatoms. The normalized spacial score (nSPS) is 10.5. The molecule has 0 aliphatic heterocycles. The maximum absolute atomic E-state index is 14.0. The lowest BCUT2D eigenvalue weighted by molar-refractivity contribution is 0.614. The van der Waals surface area contributed by atoms with Gasteiger partial charge in [0.1, 0.15) is 0 Å². The van der Waals surface area contributed by atoms with E-state index in [4.69, 9.17) is 0 Å². The number of halogens is 1. The molecule has 0 spiro atoms. The smallest absolute Gasteiger partial charge is 0.224 e. The zero-order valence-electron chi connectivity index (χ0n) is 12.9. The van der Waals surface area contributed by atoms with Crippen LogP contribution in [0.5, 0.6) is 0 Å². The van der Waals surface area contributed by atoms with E-state index in [1.807, 2.05) is 33.0 Å². The molecule has 0 fully saturated rings. The van der Waals surface area contributed by atoms with Gasteiger partial charge in [-0.25, -0.2) is 9.37 Å². The van der Waals surface area contributed by atoms with E-state index in [2.05, 4.69) is 28.3 Å². The number of hydrogen-bond donors (Lipinski definition) is 1. The van der Waals surface area contributed by atoms with Gasteiger partial charge in [0.15, 0.2) is 11.6 Å². The van der Waals surface area contributed by atoms with E-state index in [9.17, 15) is 4.39 Å². The molecule has 1 heterocycles. The minimum atomic E-state index is -0.432. The summed E-state index contributed by atoms with van der Waals surface area (Å²) < 4.78 is 14.0. The number of nitrogens with one attached hydrogen (secondary N) is 1. The molecule has 1 aromatic heterocycles. The van der Waals surface area contributed by atoms with Crippen LogP contribution in [0.3, 0.4) is 0 Å². The molecular weight excluding hydrogens is 267 g/mol. The van der Waals surface area contributed by atoms with Crippen LogP contribution in [0.2, 0.25) is 0 Å². The van der Waals surface area contributed by atoms with Crippen LogP contribution in [0.4, 0.5) is 21.8 Å². The maximum atomic E-state index is 14.0. The van der Waals surface area contributed by atoms with E-state index in [0.29, 0.717) is 5.95 Å². The summed E-state index contributed by atoms with van der Waals surface area (Å²) in [6, 6.07) is 6.10. The molecule has 1 N–H and O–H groups in total. The van der Waals surface area contributed by atoms with Gasteiger partial charge < -0.3 is 10.2 Å². The van der Waals surface area contributed by atoms with Gasteiger partial charge in [0.2, 0.25) is 5.95 Å². The van der Waals surface area contributed by atoms with Crippen molar-refractivity contribution in [3.8, 4) is 0 Å². The van der Waals surface area contributed by atoms with E-state index < -0.39 is 5.82 Å². The van der Waals surface area contributed by atoms with Gasteiger partial charge in [-0.1, -0.05) is 13.0 Å². The summed E-state index contributed by atoms with van der Waals surface area (Å²) >= 11 is 0. The number of benzene rings is 1.